The molecule has 0 fully saturated rings. The number of aromatic nitrogens is 4. The number of fused-ring (bicyclic) bond motifs is 9. The maximum absolute atomic E-state index is 5.30. The molecule has 14 aromatic rings. The summed E-state index contributed by atoms with van der Waals surface area (Å²) in [6.45, 7) is 0. The molecular formula is C55H30N4S. The molecule has 0 N–H and O–H groups in total. The molecule has 14 rings (SSSR count). The molecule has 11 aromatic carbocycles. The predicted molar refractivity (Wildman–Crippen MR) is 253 cm³/mol. The molecule has 0 aliphatic carbocycles. The van der Waals surface area contributed by atoms with E-state index in [0.717, 1.165) is 22.4 Å². The Morgan fingerprint density at radius 1 is 0.333 bits per heavy atom. The molecule has 0 saturated heterocycles. The highest BCUT2D eigenvalue weighted by Crippen LogP contribution is 2.50. The minimum Gasteiger partial charge on any atom is -0.309 e. The van der Waals surface area contributed by atoms with Crippen LogP contribution in [0.3, 0.4) is 0 Å². The summed E-state index contributed by atoms with van der Waals surface area (Å²) in [5.41, 5.74) is 6.32. The SMILES string of the molecule is c1ccc(-c2nc(-c3cccc(-n4c5cccc6c7ccccc7c7ccc8c9ccccc9c9cc4c(c7c89)c65)c3)nc(-c3cccc4c3sc3ccccc34)n2)cc1. The van der Waals surface area contributed by atoms with Gasteiger partial charge in [0.15, 0.2) is 17.5 Å². The monoisotopic (exact) mass is 778 g/mol. The number of rotatable bonds is 4. The summed E-state index contributed by atoms with van der Waals surface area (Å²) in [5.74, 6) is 1.96. The zero-order valence-corrected chi connectivity index (χ0v) is 32.8. The van der Waals surface area contributed by atoms with Crippen LogP contribution >= 0.6 is 11.3 Å². The summed E-state index contributed by atoms with van der Waals surface area (Å²) >= 11 is 1.79. The fraction of sp³-hybridized carbons (Fsp3) is 0. The summed E-state index contributed by atoms with van der Waals surface area (Å²) < 4.78 is 4.90. The van der Waals surface area contributed by atoms with Gasteiger partial charge in [-0.25, -0.2) is 15.0 Å². The Morgan fingerprint density at radius 3 is 1.68 bits per heavy atom. The van der Waals surface area contributed by atoms with Crippen molar-refractivity contribution in [3.05, 3.63) is 182 Å². The second-order valence-electron chi connectivity index (χ2n) is 15.9. The summed E-state index contributed by atoms with van der Waals surface area (Å²) in [6, 6.07) is 65.9. The molecule has 0 spiro atoms. The Balaban J connectivity index is 1.07. The van der Waals surface area contributed by atoms with E-state index < -0.39 is 0 Å². The van der Waals surface area contributed by atoms with Crippen LogP contribution in [-0.2, 0) is 0 Å². The Labute approximate surface area is 346 Å². The number of benzene rings is 9. The van der Waals surface area contributed by atoms with Crippen molar-refractivity contribution >= 4 is 107 Å². The zero-order valence-electron chi connectivity index (χ0n) is 32.0. The molecule has 276 valence electrons. The van der Waals surface area contributed by atoms with Gasteiger partial charge in [-0.3, -0.25) is 0 Å². The normalized spacial score (nSPS) is 12.3. The lowest BCUT2D eigenvalue weighted by Crippen LogP contribution is -2.01. The van der Waals surface area contributed by atoms with Crippen molar-refractivity contribution in [3.8, 4) is 39.9 Å². The van der Waals surface area contributed by atoms with Gasteiger partial charge in [-0.15, -0.1) is 11.3 Å². The lowest BCUT2D eigenvalue weighted by molar-refractivity contribution is 1.07. The van der Waals surface area contributed by atoms with Crippen molar-refractivity contribution in [2.45, 2.75) is 0 Å². The van der Waals surface area contributed by atoms with Crippen molar-refractivity contribution in [3.63, 3.8) is 0 Å². The van der Waals surface area contributed by atoms with Gasteiger partial charge in [-0.2, -0.15) is 0 Å². The van der Waals surface area contributed by atoms with Gasteiger partial charge in [0.1, 0.15) is 0 Å². The van der Waals surface area contributed by atoms with Crippen LogP contribution < -0.4 is 0 Å². The minimum atomic E-state index is 0.639. The van der Waals surface area contributed by atoms with Crippen molar-refractivity contribution < 1.29 is 0 Å². The highest BCUT2D eigenvalue weighted by atomic mass is 32.1. The van der Waals surface area contributed by atoms with Crippen molar-refractivity contribution in [2.24, 2.45) is 0 Å². The average Bonchev–Trinajstić information content (AvgIpc) is 3.95. The molecule has 60 heavy (non-hydrogen) atoms. The molecule has 5 heteroatoms. The third kappa shape index (κ3) is 4.31. The van der Waals surface area contributed by atoms with E-state index in [9.17, 15) is 0 Å². The number of nitrogens with zero attached hydrogens (tertiary/aromatic N) is 4. The van der Waals surface area contributed by atoms with Crippen molar-refractivity contribution in [2.75, 3.05) is 0 Å². The van der Waals surface area contributed by atoms with E-state index in [1.165, 1.54) is 95.8 Å². The van der Waals surface area contributed by atoms with Crippen LogP contribution in [0.5, 0.6) is 0 Å². The van der Waals surface area contributed by atoms with E-state index >= 15 is 0 Å². The maximum Gasteiger partial charge on any atom is 0.165 e. The zero-order chi connectivity index (χ0) is 39.1. The van der Waals surface area contributed by atoms with E-state index in [-0.39, 0.29) is 0 Å². The summed E-state index contributed by atoms with van der Waals surface area (Å²) in [5, 5.41) is 18.0. The first-order chi connectivity index (χ1) is 29.8. The van der Waals surface area contributed by atoms with Crippen LogP contribution in [0.1, 0.15) is 0 Å². The second kappa shape index (κ2) is 11.9. The summed E-state index contributed by atoms with van der Waals surface area (Å²) in [7, 11) is 0. The molecule has 0 aliphatic heterocycles. The van der Waals surface area contributed by atoms with Gasteiger partial charge in [-0.05, 0) is 84.9 Å². The van der Waals surface area contributed by atoms with Crippen LogP contribution in [-0.4, -0.2) is 19.5 Å². The van der Waals surface area contributed by atoms with Crippen molar-refractivity contribution in [1.82, 2.24) is 19.5 Å². The first-order valence-corrected chi connectivity index (χ1v) is 21.2. The third-order valence-electron chi connectivity index (χ3n) is 12.7. The standard InChI is InChI=1S/C55H30N4S/c1-2-13-31(14-3-1)53-56-54(58-55(57-53)43-24-11-23-42-38-21-8-9-26-47(38)60-52(42)43)32-15-10-16-33(29-32)59-45-25-12-22-39-34-17-4-5-18-35(34)41-28-27-40-36-19-6-7-20-37(36)44-30-46(59)51(49(39)45)50(41)48(40)44/h1-30H. The van der Waals surface area contributed by atoms with Gasteiger partial charge in [0.25, 0.3) is 0 Å². The van der Waals surface area contributed by atoms with E-state index in [4.69, 9.17) is 15.0 Å². The van der Waals surface area contributed by atoms with E-state index in [0.29, 0.717) is 17.5 Å². The predicted octanol–water partition coefficient (Wildman–Crippen LogP) is 15.0. The minimum absolute atomic E-state index is 0.639. The van der Waals surface area contributed by atoms with Crippen molar-refractivity contribution in [1.29, 1.82) is 0 Å². The molecule has 3 heterocycles. The maximum atomic E-state index is 5.30. The summed E-state index contributed by atoms with van der Waals surface area (Å²) in [6.07, 6.45) is 0. The topological polar surface area (TPSA) is 43.6 Å². The second-order valence-corrected chi connectivity index (χ2v) is 16.9. The molecule has 4 nitrogen and oxygen atoms in total. The first-order valence-electron chi connectivity index (χ1n) is 20.4. The molecule has 3 aromatic heterocycles. The largest absolute Gasteiger partial charge is 0.309 e. The number of thiophene rings is 1. The molecule has 0 radical (unpaired) electrons. The van der Waals surface area contributed by atoms with Gasteiger partial charge < -0.3 is 4.57 Å². The highest BCUT2D eigenvalue weighted by molar-refractivity contribution is 7.26. The first kappa shape index (κ1) is 32.3. The highest BCUT2D eigenvalue weighted by Gasteiger charge is 2.25. The fourth-order valence-corrected chi connectivity index (χ4v) is 11.4. The van der Waals surface area contributed by atoms with Crippen LogP contribution in [0.4, 0.5) is 0 Å². The van der Waals surface area contributed by atoms with Crippen LogP contribution in [0.15, 0.2) is 182 Å². The molecule has 0 amide bonds. The van der Waals surface area contributed by atoms with Crippen LogP contribution in [0.25, 0.3) is 136 Å². The average molecular weight is 779 g/mol. The molecular weight excluding hydrogens is 749 g/mol. The van der Waals surface area contributed by atoms with Gasteiger partial charge in [-0.1, -0.05) is 146 Å². The Morgan fingerprint density at radius 2 is 0.900 bits per heavy atom. The lowest BCUT2D eigenvalue weighted by atomic mass is 9.97. The third-order valence-corrected chi connectivity index (χ3v) is 13.9. The smallest absolute Gasteiger partial charge is 0.165 e. The van der Waals surface area contributed by atoms with E-state index in [1.54, 1.807) is 11.3 Å². The van der Waals surface area contributed by atoms with Crippen LogP contribution in [0.2, 0.25) is 0 Å². The van der Waals surface area contributed by atoms with E-state index in [2.05, 4.69) is 168 Å². The van der Waals surface area contributed by atoms with E-state index in [1.807, 2.05) is 18.2 Å². The van der Waals surface area contributed by atoms with Gasteiger partial charge >= 0.3 is 0 Å². The molecule has 0 aliphatic rings. The quantitative estimate of drug-likeness (QED) is 0.179. The Hall–Kier alpha value is -7.73. The Bertz CT molecular complexity index is 4070. The summed E-state index contributed by atoms with van der Waals surface area (Å²) in [4.78, 5) is 15.7. The number of hydrogen-bond donors (Lipinski definition) is 0. The number of hydrogen-bond acceptors (Lipinski definition) is 4. The molecule has 0 atom stereocenters. The van der Waals surface area contributed by atoms with Crippen LogP contribution in [0, 0.1) is 0 Å². The van der Waals surface area contributed by atoms with Gasteiger partial charge in [0, 0.05) is 58.7 Å². The molecule has 0 bridgehead atoms. The molecule has 0 unspecified atom stereocenters. The lowest BCUT2D eigenvalue weighted by Gasteiger charge is -2.13. The van der Waals surface area contributed by atoms with Gasteiger partial charge in [0.05, 0.1) is 11.0 Å². The fourth-order valence-electron chi connectivity index (χ4n) is 10.2. The Kier molecular flexibility index (Phi) is 6.41. The van der Waals surface area contributed by atoms with Gasteiger partial charge in [0.2, 0.25) is 0 Å². The molecule has 0 saturated carbocycles.